The van der Waals surface area contributed by atoms with Crippen molar-refractivity contribution in [1.82, 2.24) is 5.32 Å². The number of alkyl halides is 1. The van der Waals surface area contributed by atoms with Crippen LogP contribution in [0.1, 0.15) is 24.8 Å². The van der Waals surface area contributed by atoms with Crippen LogP contribution in [0.15, 0.2) is 28.7 Å². The summed E-state index contributed by atoms with van der Waals surface area (Å²) in [4.78, 5) is 11.9. The number of rotatable bonds is 6. The average Bonchev–Trinajstić information content (AvgIpc) is 3.08. The third kappa shape index (κ3) is 4.09. The highest BCUT2D eigenvalue weighted by Gasteiger charge is 2.41. The fraction of sp³-hybridized carbons (Fsp3) is 0.500. The summed E-state index contributed by atoms with van der Waals surface area (Å²) in [6.07, 6.45) is 4.11. The van der Waals surface area contributed by atoms with Gasteiger partial charge in [-0.25, -0.2) is 0 Å². The topological polar surface area (TPSA) is 29.1 Å². The lowest BCUT2D eigenvalue weighted by Crippen LogP contribution is -2.31. The molecule has 1 aliphatic rings. The van der Waals surface area contributed by atoms with E-state index >= 15 is 0 Å². The largest absolute Gasteiger partial charge is 0.355 e. The lowest BCUT2D eigenvalue weighted by molar-refractivity contribution is -0.120. The molecule has 2 nitrogen and oxygen atoms in total. The van der Waals surface area contributed by atoms with Crippen LogP contribution in [-0.4, -0.2) is 17.8 Å². The third-order valence-corrected chi connectivity index (χ3v) is 4.39. The number of halogens is 2. The Morgan fingerprint density at radius 2 is 2.17 bits per heavy atom. The van der Waals surface area contributed by atoms with E-state index in [4.69, 9.17) is 0 Å². The van der Waals surface area contributed by atoms with E-state index in [1.54, 1.807) is 0 Å². The number of hydrogen-bond donors (Lipinski definition) is 1. The Bertz CT molecular complexity index is 430. The van der Waals surface area contributed by atoms with Crippen molar-refractivity contribution in [3.05, 3.63) is 34.3 Å². The molecule has 98 valence electrons. The minimum Gasteiger partial charge on any atom is -0.355 e. The molecule has 2 rings (SSSR count). The van der Waals surface area contributed by atoms with Crippen LogP contribution in [0.3, 0.4) is 0 Å². The molecule has 1 saturated carbocycles. The van der Waals surface area contributed by atoms with Gasteiger partial charge in [0.2, 0.25) is 5.91 Å². The molecule has 1 N–H and O–H groups in total. The first-order chi connectivity index (χ1) is 8.63. The Morgan fingerprint density at radius 3 is 2.78 bits per heavy atom. The maximum atomic E-state index is 11.9. The van der Waals surface area contributed by atoms with Gasteiger partial charge in [0, 0.05) is 16.3 Å². The van der Waals surface area contributed by atoms with Crippen molar-refractivity contribution in [2.45, 2.75) is 25.7 Å². The molecule has 0 aliphatic heterocycles. The minimum absolute atomic E-state index is 0.119. The van der Waals surface area contributed by atoms with E-state index < -0.39 is 0 Å². The molecule has 1 amide bonds. The number of nitrogens with one attached hydrogen (secondary N) is 1. The van der Waals surface area contributed by atoms with Gasteiger partial charge in [0.25, 0.3) is 0 Å². The lowest BCUT2D eigenvalue weighted by Gasteiger charge is -2.14. The van der Waals surface area contributed by atoms with E-state index in [2.05, 4.69) is 37.2 Å². The van der Waals surface area contributed by atoms with Crippen LogP contribution >= 0.6 is 31.9 Å². The average molecular weight is 375 g/mol. The van der Waals surface area contributed by atoms with Gasteiger partial charge >= 0.3 is 0 Å². The highest BCUT2D eigenvalue weighted by atomic mass is 79.9. The second-order valence-electron chi connectivity index (χ2n) is 5.02. The third-order valence-electron chi connectivity index (χ3n) is 3.50. The molecule has 18 heavy (non-hydrogen) atoms. The van der Waals surface area contributed by atoms with Crippen LogP contribution in [-0.2, 0) is 11.2 Å². The van der Waals surface area contributed by atoms with Gasteiger partial charge in [-0.1, -0.05) is 44.0 Å². The minimum atomic E-state index is 0.119. The zero-order chi connectivity index (χ0) is 13.0. The van der Waals surface area contributed by atoms with E-state index in [1.165, 1.54) is 12.8 Å². The smallest absolute Gasteiger partial charge is 0.224 e. The van der Waals surface area contributed by atoms with Gasteiger partial charge in [0.15, 0.2) is 0 Å². The maximum Gasteiger partial charge on any atom is 0.224 e. The number of benzene rings is 1. The number of carbonyl (C=O) groups excluding carboxylic acids is 1. The Balaban J connectivity index is 1.79. The molecule has 0 radical (unpaired) electrons. The fourth-order valence-corrected chi connectivity index (χ4v) is 3.36. The Labute approximate surface area is 125 Å². The Hall–Kier alpha value is -0.350. The molecule has 0 spiro atoms. The normalized spacial score (nSPS) is 16.3. The van der Waals surface area contributed by atoms with Crippen LogP contribution in [0.5, 0.6) is 0 Å². The molecule has 0 bridgehead atoms. The highest BCUT2D eigenvalue weighted by molar-refractivity contribution is 9.10. The van der Waals surface area contributed by atoms with Gasteiger partial charge in [-0.05, 0) is 42.4 Å². The Morgan fingerprint density at radius 1 is 1.39 bits per heavy atom. The molecule has 0 heterocycles. The molecule has 0 unspecified atom stereocenters. The monoisotopic (exact) mass is 373 g/mol. The van der Waals surface area contributed by atoms with Crippen LogP contribution in [0.25, 0.3) is 0 Å². The Kier molecular flexibility index (Phi) is 4.84. The zero-order valence-electron chi connectivity index (χ0n) is 10.2. The van der Waals surface area contributed by atoms with E-state index in [-0.39, 0.29) is 5.91 Å². The first-order valence-corrected chi connectivity index (χ1v) is 8.12. The van der Waals surface area contributed by atoms with Crippen LogP contribution in [0.4, 0.5) is 0 Å². The van der Waals surface area contributed by atoms with E-state index in [0.717, 1.165) is 28.3 Å². The van der Waals surface area contributed by atoms with Crippen molar-refractivity contribution in [2.75, 3.05) is 11.9 Å². The summed E-state index contributed by atoms with van der Waals surface area (Å²) >= 11 is 6.89. The van der Waals surface area contributed by atoms with E-state index in [0.29, 0.717) is 11.8 Å². The molecule has 0 atom stereocenters. The van der Waals surface area contributed by atoms with E-state index in [9.17, 15) is 4.79 Å². The summed E-state index contributed by atoms with van der Waals surface area (Å²) in [6.45, 7) is 0.825. The quantitative estimate of drug-likeness (QED) is 0.756. The number of amides is 1. The van der Waals surface area contributed by atoms with Gasteiger partial charge in [0.05, 0.1) is 6.42 Å². The summed E-state index contributed by atoms with van der Waals surface area (Å²) < 4.78 is 1.02. The number of hydrogen-bond acceptors (Lipinski definition) is 1. The molecule has 4 heteroatoms. The second kappa shape index (κ2) is 6.20. The predicted octanol–water partition coefficient (Wildman–Crippen LogP) is 3.67. The zero-order valence-corrected chi connectivity index (χ0v) is 13.4. The van der Waals surface area contributed by atoms with Crippen LogP contribution < -0.4 is 5.32 Å². The fourth-order valence-electron chi connectivity index (χ4n) is 2.07. The molecule has 1 fully saturated rings. The van der Waals surface area contributed by atoms with Gasteiger partial charge in [-0.3, -0.25) is 4.79 Å². The van der Waals surface area contributed by atoms with Crippen LogP contribution in [0, 0.1) is 5.41 Å². The van der Waals surface area contributed by atoms with Crippen molar-refractivity contribution < 1.29 is 4.79 Å². The van der Waals surface area contributed by atoms with Crippen molar-refractivity contribution in [2.24, 2.45) is 5.41 Å². The molecular formula is C14H17Br2NO. The molecule has 1 aliphatic carbocycles. The van der Waals surface area contributed by atoms with Crippen LogP contribution in [0.2, 0.25) is 0 Å². The maximum absolute atomic E-state index is 11.9. The van der Waals surface area contributed by atoms with Crippen molar-refractivity contribution in [3.63, 3.8) is 0 Å². The standard InChI is InChI=1S/C14H17Br2NO/c15-7-6-14(4-5-14)10-17-13(18)9-11-2-1-3-12(16)8-11/h1-3,8H,4-7,9-10H2,(H,17,18). The van der Waals surface area contributed by atoms with E-state index in [1.807, 2.05) is 24.3 Å². The van der Waals surface area contributed by atoms with Gasteiger partial charge < -0.3 is 5.32 Å². The van der Waals surface area contributed by atoms with Crippen molar-refractivity contribution in [3.8, 4) is 0 Å². The van der Waals surface area contributed by atoms with Gasteiger partial charge in [0.1, 0.15) is 0 Å². The predicted molar refractivity (Wildman–Crippen MR) is 80.9 cm³/mol. The summed E-state index contributed by atoms with van der Waals surface area (Å²) in [5.74, 6) is 0.119. The second-order valence-corrected chi connectivity index (χ2v) is 6.73. The molecule has 0 saturated heterocycles. The first-order valence-electron chi connectivity index (χ1n) is 6.21. The molecule has 0 aromatic heterocycles. The summed E-state index contributed by atoms with van der Waals surface area (Å²) in [5.41, 5.74) is 1.43. The van der Waals surface area contributed by atoms with Gasteiger partial charge in [-0.15, -0.1) is 0 Å². The highest BCUT2D eigenvalue weighted by Crippen LogP contribution is 2.48. The summed E-state index contributed by atoms with van der Waals surface area (Å²) in [6, 6.07) is 7.90. The molecule has 1 aromatic rings. The lowest BCUT2D eigenvalue weighted by atomic mass is 10.0. The summed E-state index contributed by atoms with van der Waals surface area (Å²) in [7, 11) is 0. The first kappa shape index (κ1) is 14.1. The molecular weight excluding hydrogens is 358 g/mol. The van der Waals surface area contributed by atoms with Crippen molar-refractivity contribution >= 4 is 37.8 Å². The van der Waals surface area contributed by atoms with Gasteiger partial charge in [-0.2, -0.15) is 0 Å². The SMILES string of the molecule is O=C(Cc1cccc(Br)c1)NCC1(CCBr)CC1. The molecule has 1 aromatic carbocycles. The summed E-state index contributed by atoms with van der Waals surface area (Å²) in [5, 5.41) is 4.09. The van der Waals surface area contributed by atoms with Crippen molar-refractivity contribution in [1.29, 1.82) is 0 Å². The number of carbonyl (C=O) groups is 1.